The van der Waals surface area contributed by atoms with Crippen molar-refractivity contribution in [2.45, 2.75) is 25.1 Å². The molecule has 2 aliphatic rings. The fourth-order valence-electron chi connectivity index (χ4n) is 3.13. The van der Waals surface area contributed by atoms with E-state index in [1.165, 1.54) is 12.1 Å². The molecule has 2 fully saturated rings. The third kappa shape index (κ3) is 3.89. The van der Waals surface area contributed by atoms with E-state index in [1.807, 2.05) is 0 Å². The fraction of sp³-hybridized carbons (Fsp3) is 0.588. The topological polar surface area (TPSA) is 38.8 Å². The molecule has 0 saturated carbocycles. The second kappa shape index (κ2) is 7.11. The Kier molecular flexibility index (Phi) is 5.10. The standard InChI is InChI=1S/C17H20F3NO3/c18-17(19,20)14-5-3-12(4-6-14)15-10-21(7-9-24-15)16(22)13-2-1-8-23-11-13/h3-6,13,15H,1-2,7-11H2. The van der Waals surface area contributed by atoms with E-state index >= 15 is 0 Å². The van der Waals surface area contributed by atoms with E-state index < -0.39 is 17.8 Å². The highest BCUT2D eigenvalue weighted by Crippen LogP contribution is 2.31. The molecule has 4 nitrogen and oxygen atoms in total. The maximum absolute atomic E-state index is 12.6. The number of carbonyl (C=O) groups excluding carboxylic acids is 1. The first-order valence-corrected chi connectivity index (χ1v) is 8.10. The van der Waals surface area contributed by atoms with Gasteiger partial charge >= 0.3 is 6.18 Å². The van der Waals surface area contributed by atoms with Crippen LogP contribution in [0, 0.1) is 5.92 Å². The van der Waals surface area contributed by atoms with Crippen LogP contribution in [0.15, 0.2) is 24.3 Å². The van der Waals surface area contributed by atoms with Crippen LogP contribution in [0.5, 0.6) is 0 Å². The Balaban J connectivity index is 1.65. The molecule has 132 valence electrons. The second-order valence-electron chi connectivity index (χ2n) is 6.18. The summed E-state index contributed by atoms with van der Waals surface area (Å²) in [6.07, 6.45) is -3.05. The van der Waals surface area contributed by atoms with Crippen LogP contribution in [0.4, 0.5) is 13.2 Å². The third-order valence-electron chi connectivity index (χ3n) is 4.50. The molecule has 1 aromatic carbocycles. The highest BCUT2D eigenvalue weighted by Gasteiger charge is 2.33. The zero-order chi connectivity index (χ0) is 17.2. The molecule has 3 rings (SSSR count). The van der Waals surface area contributed by atoms with Crippen molar-refractivity contribution in [1.82, 2.24) is 4.90 Å². The number of hydrogen-bond acceptors (Lipinski definition) is 3. The first-order valence-electron chi connectivity index (χ1n) is 8.10. The maximum Gasteiger partial charge on any atom is 0.416 e. The molecule has 24 heavy (non-hydrogen) atoms. The summed E-state index contributed by atoms with van der Waals surface area (Å²) in [4.78, 5) is 14.3. The summed E-state index contributed by atoms with van der Waals surface area (Å²) in [5, 5.41) is 0. The van der Waals surface area contributed by atoms with Crippen molar-refractivity contribution in [3.8, 4) is 0 Å². The first-order chi connectivity index (χ1) is 11.4. The number of rotatable bonds is 2. The Morgan fingerprint density at radius 3 is 2.54 bits per heavy atom. The van der Waals surface area contributed by atoms with E-state index in [2.05, 4.69) is 0 Å². The average Bonchev–Trinajstić information content (AvgIpc) is 2.61. The number of nitrogens with zero attached hydrogens (tertiary/aromatic N) is 1. The second-order valence-corrected chi connectivity index (χ2v) is 6.18. The van der Waals surface area contributed by atoms with Gasteiger partial charge in [-0.3, -0.25) is 4.79 Å². The predicted molar refractivity (Wildman–Crippen MR) is 80.3 cm³/mol. The molecule has 0 aliphatic carbocycles. The Labute approximate surface area is 138 Å². The fourth-order valence-corrected chi connectivity index (χ4v) is 3.13. The van der Waals surface area contributed by atoms with Crippen LogP contribution >= 0.6 is 0 Å². The molecule has 0 N–H and O–H groups in total. The average molecular weight is 343 g/mol. The molecule has 2 aliphatic heterocycles. The summed E-state index contributed by atoms with van der Waals surface area (Å²) in [5.41, 5.74) is -0.0326. The van der Waals surface area contributed by atoms with Gasteiger partial charge in [0, 0.05) is 13.2 Å². The Bertz CT molecular complexity index is 567. The van der Waals surface area contributed by atoms with Gasteiger partial charge < -0.3 is 14.4 Å². The monoisotopic (exact) mass is 343 g/mol. The third-order valence-corrected chi connectivity index (χ3v) is 4.50. The van der Waals surface area contributed by atoms with Crippen LogP contribution in [-0.2, 0) is 20.4 Å². The van der Waals surface area contributed by atoms with Crippen LogP contribution < -0.4 is 0 Å². The number of ether oxygens (including phenoxy) is 2. The van der Waals surface area contributed by atoms with Gasteiger partial charge in [-0.05, 0) is 30.5 Å². The molecule has 2 unspecified atom stereocenters. The molecule has 2 saturated heterocycles. The summed E-state index contributed by atoms with van der Waals surface area (Å²) in [5.74, 6) is -0.0694. The van der Waals surface area contributed by atoms with E-state index in [9.17, 15) is 18.0 Å². The highest BCUT2D eigenvalue weighted by atomic mass is 19.4. The van der Waals surface area contributed by atoms with E-state index in [0.29, 0.717) is 38.5 Å². The van der Waals surface area contributed by atoms with Gasteiger partial charge in [0.25, 0.3) is 0 Å². The van der Waals surface area contributed by atoms with Crippen LogP contribution in [0.3, 0.4) is 0 Å². The lowest BCUT2D eigenvalue weighted by molar-refractivity contribution is -0.147. The van der Waals surface area contributed by atoms with Crippen molar-refractivity contribution in [3.05, 3.63) is 35.4 Å². The largest absolute Gasteiger partial charge is 0.416 e. The molecule has 7 heteroatoms. The van der Waals surface area contributed by atoms with E-state index in [0.717, 1.165) is 25.0 Å². The summed E-state index contributed by atoms with van der Waals surface area (Å²) in [7, 11) is 0. The summed E-state index contributed by atoms with van der Waals surface area (Å²) >= 11 is 0. The zero-order valence-corrected chi connectivity index (χ0v) is 13.2. The van der Waals surface area contributed by atoms with Crippen LogP contribution in [-0.4, -0.2) is 43.7 Å². The normalized spacial score (nSPS) is 25.5. The van der Waals surface area contributed by atoms with Crippen LogP contribution in [0.25, 0.3) is 0 Å². The minimum atomic E-state index is -4.35. The summed E-state index contributed by atoms with van der Waals surface area (Å²) in [6, 6.07) is 4.94. The van der Waals surface area contributed by atoms with Gasteiger partial charge in [0.05, 0.1) is 31.2 Å². The minimum Gasteiger partial charge on any atom is -0.381 e. The number of alkyl halides is 3. The zero-order valence-electron chi connectivity index (χ0n) is 13.2. The Hall–Kier alpha value is -1.60. The lowest BCUT2D eigenvalue weighted by Gasteiger charge is -2.36. The minimum absolute atomic E-state index is 0.0508. The van der Waals surface area contributed by atoms with Gasteiger partial charge in [0.15, 0.2) is 0 Å². The van der Waals surface area contributed by atoms with Crippen molar-refractivity contribution < 1.29 is 27.4 Å². The molecule has 0 spiro atoms. The van der Waals surface area contributed by atoms with Crippen molar-refractivity contribution in [2.75, 3.05) is 32.9 Å². The highest BCUT2D eigenvalue weighted by molar-refractivity contribution is 5.79. The lowest BCUT2D eigenvalue weighted by atomic mass is 9.99. The van der Waals surface area contributed by atoms with Gasteiger partial charge in [0.2, 0.25) is 5.91 Å². The molecule has 1 aromatic rings. The molecule has 2 heterocycles. The Morgan fingerprint density at radius 2 is 1.92 bits per heavy atom. The van der Waals surface area contributed by atoms with Gasteiger partial charge in [-0.15, -0.1) is 0 Å². The van der Waals surface area contributed by atoms with Gasteiger partial charge in [-0.1, -0.05) is 12.1 Å². The van der Waals surface area contributed by atoms with Crippen molar-refractivity contribution >= 4 is 5.91 Å². The van der Waals surface area contributed by atoms with Crippen molar-refractivity contribution in [1.29, 1.82) is 0 Å². The smallest absolute Gasteiger partial charge is 0.381 e. The quantitative estimate of drug-likeness (QED) is 0.829. The van der Waals surface area contributed by atoms with Gasteiger partial charge in [-0.2, -0.15) is 13.2 Å². The number of benzene rings is 1. The number of carbonyl (C=O) groups is 1. The number of hydrogen-bond donors (Lipinski definition) is 0. The Morgan fingerprint density at radius 1 is 1.17 bits per heavy atom. The molecule has 2 atom stereocenters. The maximum atomic E-state index is 12.6. The molecular formula is C17H20F3NO3. The van der Waals surface area contributed by atoms with Crippen molar-refractivity contribution in [3.63, 3.8) is 0 Å². The summed E-state index contributed by atoms with van der Waals surface area (Å²) < 4.78 is 48.9. The van der Waals surface area contributed by atoms with E-state index in [4.69, 9.17) is 9.47 Å². The molecule has 0 bridgehead atoms. The molecule has 0 aromatic heterocycles. The van der Waals surface area contributed by atoms with Crippen molar-refractivity contribution in [2.24, 2.45) is 5.92 Å². The van der Waals surface area contributed by atoms with E-state index in [-0.39, 0.29) is 11.8 Å². The molecule has 0 radical (unpaired) electrons. The molecule has 1 amide bonds. The number of halogens is 3. The first kappa shape index (κ1) is 17.2. The predicted octanol–water partition coefficient (Wildman–Crippen LogP) is 3.03. The van der Waals surface area contributed by atoms with Gasteiger partial charge in [-0.25, -0.2) is 0 Å². The van der Waals surface area contributed by atoms with E-state index in [1.54, 1.807) is 4.90 Å². The number of amides is 1. The van der Waals surface area contributed by atoms with Crippen LogP contribution in [0.2, 0.25) is 0 Å². The number of morpholine rings is 1. The lowest BCUT2D eigenvalue weighted by Crippen LogP contribution is -2.46. The van der Waals surface area contributed by atoms with Gasteiger partial charge in [0.1, 0.15) is 6.10 Å². The SMILES string of the molecule is O=C(C1CCCOC1)N1CCOC(c2ccc(C(F)(F)F)cc2)C1. The summed E-state index contributed by atoms with van der Waals surface area (Å²) in [6.45, 7) is 2.39. The molecular weight excluding hydrogens is 323 g/mol. The van der Waals surface area contributed by atoms with Crippen LogP contribution in [0.1, 0.15) is 30.1 Å².